The van der Waals surface area contributed by atoms with E-state index in [4.69, 9.17) is 10.5 Å². The van der Waals surface area contributed by atoms with Crippen molar-refractivity contribution in [3.8, 4) is 5.75 Å². The third kappa shape index (κ3) is 5.08. The van der Waals surface area contributed by atoms with E-state index in [1.165, 1.54) is 0 Å². The number of benzene rings is 2. The van der Waals surface area contributed by atoms with Crippen LogP contribution in [-0.2, 0) is 6.61 Å². The van der Waals surface area contributed by atoms with Gasteiger partial charge in [0.2, 0.25) is 0 Å². The third-order valence-corrected chi connectivity index (χ3v) is 3.67. The summed E-state index contributed by atoms with van der Waals surface area (Å²) in [5.41, 5.74) is 9.94. The maximum Gasteiger partial charge on any atom is 0.199 e. The Morgan fingerprint density at radius 2 is 1.85 bits per heavy atom. The molecule has 0 spiro atoms. The normalized spacial score (nSPS) is 11.2. The summed E-state index contributed by atoms with van der Waals surface area (Å²) in [5, 5.41) is 3.08. The van der Waals surface area contributed by atoms with Gasteiger partial charge in [-0.3, -0.25) is 0 Å². The Hall–Kier alpha value is -3.34. The van der Waals surface area contributed by atoms with Crippen molar-refractivity contribution in [2.75, 3.05) is 5.32 Å². The number of hydrogen-bond donors (Lipinski definition) is 2. The van der Waals surface area contributed by atoms with Crippen LogP contribution in [0.2, 0.25) is 0 Å². The first kappa shape index (κ1) is 17.5. The summed E-state index contributed by atoms with van der Waals surface area (Å²) in [4.78, 5) is 8.69. The molecule has 0 saturated carbocycles. The molecule has 0 saturated heterocycles. The molecule has 3 rings (SSSR count). The molecule has 0 amide bonds. The lowest BCUT2D eigenvalue weighted by Crippen LogP contribution is -2.22. The Morgan fingerprint density at radius 3 is 2.62 bits per heavy atom. The molecule has 0 aliphatic rings. The minimum Gasteiger partial charge on any atom is -0.489 e. The van der Waals surface area contributed by atoms with Gasteiger partial charge in [-0.2, -0.15) is 4.99 Å². The zero-order chi connectivity index (χ0) is 18.4. The highest BCUT2D eigenvalue weighted by molar-refractivity contribution is 5.93. The van der Waals surface area contributed by atoms with Crippen LogP contribution in [-0.4, -0.2) is 10.9 Å². The molecule has 0 aliphatic heterocycles. The number of aromatic nitrogens is 1. The van der Waals surface area contributed by atoms with Crippen LogP contribution in [0.5, 0.6) is 5.75 Å². The lowest BCUT2D eigenvalue weighted by molar-refractivity contribution is 0.306. The van der Waals surface area contributed by atoms with Crippen molar-refractivity contribution >= 4 is 17.5 Å². The molecule has 5 heteroatoms. The van der Waals surface area contributed by atoms with Crippen LogP contribution in [0.3, 0.4) is 0 Å². The lowest BCUT2D eigenvalue weighted by atomic mass is 10.2. The second-order valence-electron chi connectivity index (χ2n) is 6.07. The molecule has 3 N–H and O–H groups in total. The van der Waals surface area contributed by atoms with Crippen molar-refractivity contribution < 1.29 is 4.74 Å². The molecule has 0 radical (unpaired) electrons. The van der Waals surface area contributed by atoms with E-state index in [-0.39, 0.29) is 5.96 Å². The molecular formula is C21H22N4O. The van der Waals surface area contributed by atoms with Crippen LogP contribution >= 0.6 is 0 Å². The molecule has 0 bridgehead atoms. The minimum atomic E-state index is 0.280. The standard InChI is InChI=1S/C21H22N4O/c1-15-11-16(2)23-20(12-15)25-21(22)24-18-9-6-10-19(13-18)26-14-17-7-4-3-5-8-17/h3-13H,14H2,1-2H3,(H3,22,23,24,25). The average molecular weight is 346 g/mol. The van der Waals surface area contributed by atoms with E-state index >= 15 is 0 Å². The summed E-state index contributed by atoms with van der Waals surface area (Å²) in [7, 11) is 0. The molecule has 1 heterocycles. The highest BCUT2D eigenvalue weighted by Gasteiger charge is 2.01. The highest BCUT2D eigenvalue weighted by atomic mass is 16.5. The average Bonchev–Trinajstić information content (AvgIpc) is 2.60. The fraction of sp³-hybridized carbons (Fsp3) is 0.143. The molecule has 5 nitrogen and oxygen atoms in total. The minimum absolute atomic E-state index is 0.280. The van der Waals surface area contributed by atoms with Crippen LogP contribution in [0.1, 0.15) is 16.8 Å². The van der Waals surface area contributed by atoms with Gasteiger partial charge < -0.3 is 15.8 Å². The maximum absolute atomic E-state index is 6.01. The Morgan fingerprint density at radius 1 is 1.04 bits per heavy atom. The number of ether oxygens (including phenoxy) is 1. The summed E-state index contributed by atoms with van der Waals surface area (Å²) in [5.74, 6) is 1.63. The van der Waals surface area contributed by atoms with Crippen molar-refractivity contribution in [1.29, 1.82) is 0 Å². The topological polar surface area (TPSA) is 72.5 Å². The summed E-state index contributed by atoms with van der Waals surface area (Å²) in [6.07, 6.45) is 0. The van der Waals surface area contributed by atoms with Gasteiger partial charge in [-0.25, -0.2) is 4.98 Å². The summed E-state index contributed by atoms with van der Waals surface area (Å²) in [6.45, 7) is 4.45. The first-order valence-electron chi connectivity index (χ1n) is 8.42. The molecule has 132 valence electrons. The molecule has 0 aliphatic carbocycles. The molecule has 3 aromatic rings. The van der Waals surface area contributed by atoms with E-state index in [2.05, 4.69) is 15.3 Å². The molecule has 1 aromatic heterocycles. The predicted octanol–water partition coefficient (Wildman–Crippen LogP) is 4.34. The number of nitrogens with two attached hydrogens (primary N) is 1. The number of hydrogen-bond acceptors (Lipinski definition) is 3. The van der Waals surface area contributed by atoms with Gasteiger partial charge in [0, 0.05) is 17.4 Å². The molecule has 0 fully saturated rings. The van der Waals surface area contributed by atoms with Gasteiger partial charge in [0.1, 0.15) is 12.4 Å². The number of nitrogens with one attached hydrogen (secondary N) is 1. The van der Waals surface area contributed by atoms with Crippen molar-refractivity contribution in [1.82, 2.24) is 4.98 Å². The smallest absolute Gasteiger partial charge is 0.199 e. The fourth-order valence-electron chi connectivity index (χ4n) is 2.58. The second kappa shape index (κ2) is 8.16. The molecule has 0 atom stereocenters. The van der Waals surface area contributed by atoms with Gasteiger partial charge in [-0.15, -0.1) is 0 Å². The molecule has 2 aromatic carbocycles. The quantitative estimate of drug-likeness (QED) is 0.532. The van der Waals surface area contributed by atoms with Crippen LogP contribution in [0.15, 0.2) is 71.7 Å². The first-order chi connectivity index (χ1) is 12.6. The Kier molecular flexibility index (Phi) is 5.49. The zero-order valence-corrected chi connectivity index (χ0v) is 14.9. The largest absolute Gasteiger partial charge is 0.489 e. The maximum atomic E-state index is 6.01. The van der Waals surface area contributed by atoms with Gasteiger partial charge in [-0.1, -0.05) is 36.4 Å². The first-order valence-corrected chi connectivity index (χ1v) is 8.42. The van der Waals surface area contributed by atoms with Crippen LogP contribution in [0, 0.1) is 13.8 Å². The summed E-state index contributed by atoms with van der Waals surface area (Å²) < 4.78 is 5.83. The van der Waals surface area contributed by atoms with E-state index in [9.17, 15) is 0 Å². The van der Waals surface area contributed by atoms with Gasteiger partial charge in [0.05, 0.1) is 0 Å². The van der Waals surface area contributed by atoms with Crippen molar-refractivity contribution in [3.05, 3.63) is 83.6 Å². The molecular weight excluding hydrogens is 324 g/mol. The van der Waals surface area contributed by atoms with E-state index in [0.717, 1.165) is 28.3 Å². The number of guanidine groups is 1. The highest BCUT2D eigenvalue weighted by Crippen LogP contribution is 2.19. The monoisotopic (exact) mass is 346 g/mol. The van der Waals surface area contributed by atoms with E-state index in [1.807, 2.05) is 80.6 Å². The van der Waals surface area contributed by atoms with Crippen LogP contribution in [0.25, 0.3) is 0 Å². The Balaban J connectivity index is 1.66. The van der Waals surface area contributed by atoms with E-state index < -0.39 is 0 Å². The molecule has 26 heavy (non-hydrogen) atoms. The Bertz CT molecular complexity index is 887. The summed E-state index contributed by atoms with van der Waals surface area (Å²) in [6, 6.07) is 21.5. The number of pyridine rings is 1. The van der Waals surface area contributed by atoms with E-state index in [0.29, 0.717) is 12.4 Å². The van der Waals surface area contributed by atoms with E-state index in [1.54, 1.807) is 0 Å². The number of rotatable bonds is 5. The number of nitrogens with zero attached hydrogens (tertiary/aromatic N) is 2. The van der Waals surface area contributed by atoms with Crippen LogP contribution < -0.4 is 15.8 Å². The number of aliphatic imine (C=N–C) groups is 1. The van der Waals surface area contributed by atoms with Gasteiger partial charge >= 0.3 is 0 Å². The number of aryl methyl sites for hydroxylation is 2. The summed E-state index contributed by atoms with van der Waals surface area (Å²) >= 11 is 0. The van der Waals surface area contributed by atoms with Gasteiger partial charge in [0.15, 0.2) is 11.8 Å². The van der Waals surface area contributed by atoms with Crippen molar-refractivity contribution in [3.63, 3.8) is 0 Å². The third-order valence-electron chi connectivity index (χ3n) is 3.67. The predicted molar refractivity (Wildman–Crippen MR) is 106 cm³/mol. The second-order valence-corrected chi connectivity index (χ2v) is 6.07. The van der Waals surface area contributed by atoms with Gasteiger partial charge in [0.25, 0.3) is 0 Å². The fourth-order valence-corrected chi connectivity index (χ4v) is 2.58. The van der Waals surface area contributed by atoms with Crippen LogP contribution in [0.4, 0.5) is 11.5 Å². The molecule has 0 unspecified atom stereocenters. The van der Waals surface area contributed by atoms with Crippen molar-refractivity contribution in [2.24, 2.45) is 10.7 Å². The SMILES string of the molecule is Cc1cc(C)nc(N=C(N)Nc2cccc(OCc3ccccc3)c2)c1. The Labute approximate surface area is 153 Å². The van der Waals surface area contributed by atoms with Crippen molar-refractivity contribution in [2.45, 2.75) is 20.5 Å². The lowest BCUT2D eigenvalue weighted by Gasteiger charge is -2.10. The van der Waals surface area contributed by atoms with Gasteiger partial charge in [-0.05, 0) is 49.2 Å². The number of anilines is 1. The zero-order valence-electron chi connectivity index (χ0n) is 14.9.